The minimum Gasteiger partial charge on any atom is -0.347 e. The number of urea groups is 1. The average molecular weight is 448 g/mol. The van der Waals surface area contributed by atoms with Gasteiger partial charge < -0.3 is 10.6 Å². The van der Waals surface area contributed by atoms with E-state index in [9.17, 15) is 14.4 Å². The fraction of sp³-hybridized carbons (Fsp3) is 0.444. The molecule has 0 aromatic heterocycles. The minimum absolute atomic E-state index is 0.0119. The van der Waals surface area contributed by atoms with Crippen LogP contribution in [-0.2, 0) is 20.5 Å². The third-order valence-electron chi connectivity index (χ3n) is 6.75. The molecule has 2 aromatic rings. The highest BCUT2D eigenvalue weighted by atomic mass is 16.2. The van der Waals surface area contributed by atoms with E-state index < -0.39 is 17.5 Å². The maximum atomic E-state index is 13.3. The van der Waals surface area contributed by atoms with Crippen LogP contribution in [0, 0.1) is 12.8 Å². The number of aryl methyl sites for hydroxylation is 1. The molecule has 33 heavy (non-hydrogen) atoms. The van der Waals surface area contributed by atoms with Gasteiger partial charge in [-0.3, -0.25) is 14.5 Å². The number of amides is 4. The summed E-state index contributed by atoms with van der Waals surface area (Å²) < 4.78 is 0. The molecule has 4 amide bonds. The summed E-state index contributed by atoms with van der Waals surface area (Å²) in [5, 5.41) is 5.85. The Morgan fingerprint density at radius 3 is 2.24 bits per heavy atom. The van der Waals surface area contributed by atoms with Crippen LogP contribution in [0.2, 0.25) is 0 Å². The van der Waals surface area contributed by atoms with Crippen molar-refractivity contribution < 1.29 is 14.4 Å². The van der Waals surface area contributed by atoms with E-state index >= 15 is 0 Å². The molecule has 2 aromatic carbocycles. The van der Waals surface area contributed by atoms with E-state index in [0.29, 0.717) is 11.5 Å². The Morgan fingerprint density at radius 2 is 1.70 bits per heavy atom. The predicted molar refractivity (Wildman–Crippen MR) is 128 cm³/mol. The molecule has 1 aliphatic carbocycles. The fourth-order valence-electron chi connectivity index (χ4n) is 4.38. The number of imide groups is 1. The van der Waals surface area contributed by atoms with Gasteiger partial charge in [0.1, 0.15) is 12.1 Å². The van der Waals surface area contributed by atoms with Crippen LogP contribution >= 0.6 is 0 Å². The van der Waals surface area contributed by atoms with Crippen molar-refractivity contribution in [3.05, 3.63) is 70.8 Å². The summed E-state index contributed by atoms with van der Waals surface area (Å²) in [5.41, 5.74) is 2.85. The number of nitrogens with one attached hydrogen (secondary N) is 2. The second-order valence-corrected chi connectivity index (χ2v) is 10.6. The van der Waals surface area contributed by atoms with Gasteiger partial charge in [0.15, 0.2) is 0 Å². The molecule has 2 fully saturated rings. The van der Waals surface area contributed by atoms with Gasteiger partial charge in [0.25, 0.3) is 5.91 Å². The summed E-state index contributed by atoms with van der Waals surface area (Å²) in [5.74, 6) is -0.348. The van der Waals surface area contributed by atoms with E-state index in [4.69, 9.17) is 0 Å². The Bertz CT molecular complexity index is 1070. The van der Waals surface area contributed by atoms with Gasteiger partial charge in [-0.1, -0.05) is 74.9 Å². The van der Waals surface area contributed by atoms with Crippen molar-refractivity contribution in [2.75, 3.05) is 6.54 Å². The Balaban J connectivity index is 1.47. The molecular weight excluding hydrogens is 414 g/mol. The first-order chi connectivity index (χ1) is 15.5. The van der Waals surface area contributed by atoms with Crippen molar-refractivity contribution in [2.24, 2.45) is 5.92 Å². The van der Waals surface area contributed by atoms with Crippen LogP contribution in [0.15, 0.2) is 48.5 Å². The van der Waals surface area contributed by atoms with E-state index in [1.807, 2.05) is 55.5 Å². The standard InChI is InChI=1S/C27H33N3O3/c1-17-6-8-18(9-7-17)23(19-10-11-19)28-22(31)16-30-24(32)27(5,29-25(30)33)21-14-12-20(13-15-21)26(2,3)4/h6-9,12-15,19,23H,10-11,16H2,1-5H3,(H,28,31)(H,29,33). The lowest BCUT2D eigenvalue weighted by molar-refractivity contribution is -0.135. The monoisotopic (exact) mass is 447 g/mol. The lowest BCUT2D eigenvalue weighted by atomic mass is 9.84. The number of hydrogen-bond donors (Lipinski definition) is 2. The second kappa shape index (κ2) is 8.32. The van der Waals surface area contributed by atoms with E-state index in [-0.39, 0.29) is 23.9 Å². The Hall–Kier alpha value is -3.15. The maximum Gasteiger partial charge on any atom is 0.325 e. The first-order valence-corrected chi connectivity index (χ1v) is 11.6. The molecule has 4 rings (SSSR count). The molecule has 6 heteroatoms. The van der Waals surface area contributed by atoms with Crippen molar-refractivity contribution in [3.8, 4) is 0 Å². The topological polar surface area (TPSA) is 78.5 Å². The molecule has 0 spiro atoms. The Labute approximate surface area is 195 Å². The van der Waals surface area contributed by atoms with Gasteiger partial charge in [-0.25, -0.2) is 4.79 Å². The number of carbonyl (C=O) groups excluding carboxylic acids is 3. The summed E-state index contributed by atoms with van der Waals surface area (Å²) in [6.07, 6.45) is 2.12. The lowest BCUT2D eigenvalue weighted by Crippen LogP contribution is -2.44. The molecule has 2 atom stereocenters. The van der Waals surface area contributed by atoms with Gasteiger partial charge in [-0.05, 0) is 54.7 Å². The molecule has 0 bridgehead atoms. The Morgan fingerprint density at radius 1 is 1.09 bits per heavy atom. The van der Waals surface area contributed by atoms with E-state index in [0.717, 1.165) is 34.4 Å². The first-order valence-electron chi connectivity index (χ1n) is 11.6. The zero-order valence-corrected chi connectivity index (χ0v) is 20.1. The molecule has 1 saturated heterocycles. The van der Waals surface area contributed by atoms with Gasteiger partial charge >= 0.3 is 6.03 Å². The Kier molecular flexibility index (Phi) is 5.81. The van der Waals surface area contributed by atoms with Crippen LogP contribution < -0.4 is 10.6 Å². The fourth-order valence-corrected chi connectivity index (χ4v) is 4.38. The van der Waals surface area contributed by atoms with Gasteiger partial charge in [0.05, 0.1) is 6.04 Å². The van der Waals surface area contributed by atoms with Crippen molar-refractivity contribution in [2.45, 2.75) is 64.5 Å². The molecule has 1 saturated carbocycles. The normalized spacial score (nSPS) is 21.7. The van der Waals surface area contributed by atoms with Crippen molar-refractivity contribution in [1.29, 1.82) is 0 Å². The molecule has 174 valence electrons. The number of rotatable bonds is 6. The summed E-state index contributed by atoms with van der Waals surface area (Å²) >= 11 is 0. The second-order valence-electron chi connectivity index (χ2n) is 10.6. The molecule has 1 heterocycles. The summed E-state index contributed by atoms with van der Waals surface area (Å²) in [6, 6.07) is 15.2. The predicted octanol–water partition coefficient (Wildman–Crippen LogP) is 4.33. The summed E-state index contributed by atoms with van der Waals surface area (Å²) in [4.78, 5) is 39.9. The lowest BCUT2D eigenvalue weighted by Gasteiger charge is -2.25. The molecule has 2 aliphatic rings. The molecule has 6 nitrogen and oxygen atoms in total. The van der Waals surface area contributed by atoms with Gasteiger partial charge in [0, 0.05) is 0 Å². The van der Waals surface area contributed by atoms with Crippen LogP contribution in [0.4, 0.5) is 4.79 Å². The van der Waals surface area contributed by atoms with Crippen LogP contribution in [0.3, 0.4) is 0 Å². The van der Waals surface area contributed by atoms with Crippen LogP contribution in [-0.4, -0.2) is 29.3 Å². The van der Waals surface area contributed by atoms with E-state index in [2.05, 4.69) is 31.4 Å². The van der Waals surface area contributed by atoms with Gasteiger partial charge in [-0.2, -0.15) is 0 Å². The molecular formula is C27H33N3O3. The van der Waals surface area contributed by atoms with Gasteiger partial charge in [0.2, 0.25) is 5.91 Å². The average Bonchev–Trinajstić information content (AvgIpc) is 3.57. The molecule has 2 unspecified atom stereocenters. The van der Waals surface area contributed by atoms with Crippen LogP contribution in [0.5, 0.6) is 0 Å². The summed E-state index contributed by atoms with van der Waals surface area (Å²) in [7, 11) is 0. The SMILES string of the molecule is Cc1ccc(C(NC(=O)CN2C(=O)NC(C)(c3ccc(C(C)(C)C)cc3)C2=O)C2CC2)cc1. The number of benzene rings is 2. The molecule has 2 N–H and O–H groups in total. The third-order valence-corrected chi connectivity index (χ3v) is 6.75. The largest absolute Gasteiger partial charge is 0.347 e. The smallest absolute Gasteiger partial charge is 0.325 e. The van der Waals surface area contributed by atoms with Crippen molar-refractivity contribution in [3.63, 3.8) is 0 Å². The van der Waals surface area contributed by atoms with Crippen molar-refractivity contribution in [1.82, 2.24) is 15.5 Å². The quantitative estimate of drug-likeness (QED) is 0.647. The van der Waals surface area contributed by atoms with E-state index in [1.54, 1.807) is 6.92 Å². The van der Waals surface area contributed by atoms with E-state index in [1.165, 1.54) is 0 Å². The van der Waals surface area contributed by atoms with Gasteiger partial charge in [-0.15, -0.1) is 0 Å². The highest BCUT2D eigenvalue weighted by Crippen LogP contribution is 2.41. The van der Waals surface area contributed by atoms with Crippen LogP contribution in [0.1, 0.15) is 68.8 Å². The first kappa shape index (κ1) is 23.0. The zero-order valence-electron chi connectivity index (χ0n) is 20.1. The van der Waals surface area contributed by atoms with Crippen molar-refractivity contribution >= 4 is 17.8 Å². The summed E-state index contributed by atoms with van der Waals surface area (Å²) in [6.45, 7) is 9.79. The highest BCUT2D eigenvalue weighted by molar-refractivity contribution is 6.09. The minimum atomic E-state index is -1.19. The molecule has 1 aliphatic heterocycles. The number of hydrogen-bond acceptors (Lipinski definition) is 3. The van der Waals surface area contributed by atoms with Crippen LogP contribution in [0.25, 0.3) is 0 Å². The molecule has 0 radical (unpaired) electrons. The number of carbonyl (C=O) groups is 3. The third kappa shape index (κ3) is 4.65. The zero-order chi connectivity index (χ0) is 24.0. The number of nitrogens with zero attached hydrogens (tertiary/aromatic N) is 1. The highest BCUT2D eigenvalue weighted by Gasteiger charge is 2.49. The maximum absolute atomic E-state index is 13.3.